The second-order valence-electron chi connectivity index (χ2n) is 6.77. The lowest BCUT2D eigenvalue weighted by Crippen LogP contribution is -2.45. The van der Waals surface area contributed by atoms with Crippen molar-refractivity contribution < 1.29 is 0 Å². The molecule has 0 fully saturated rings. The molecule has 0 spiro atoms. The van der Waals surface area contributed by atoms with E-state index in [0.717, 1.165) is 6.42 Å². The third kappa shape index (κ3) is 3.32. The van der Waals surface area contributed by atoms with Gasteiger partial charge < -0.3 is 0 Å². The Kier molecular flexibility index (Phi) is 3.85. The lowest BCUT2D eigenvalue weighted by Gasteiger charge is -2.24. The van der Waals surface area contributed by atoms with Crippen LogP contribution in [-0.4, -0.2) is 16.1 Å². The molecule has 0 aliphatic rings. The molecule has 0 radical (unpaired) electrons. The Balaban J connectivity index is 3.33. The van der Waals surface area contributed by atoms with Crippen LogP contribution in [0.3, 0.4) is 0 Å². The van der Waals surface area contributed by atoms with Crippen molar-refractivity contribution in [2.24, 2.45) is 0 Å². The van der Waals surface area contributed by atoms with E-state index in [2.05, 4.69) is 64.4 Å². The monoisotopic (exact) mass is 250 g/mol. The second kappa shape index (κ2) is 4.49. The van der Waals surface area contributed by atoms with Gasteiger partial charge in [-0.3, -0.25) is 0 Å². The van der Waals surface area contributed by atoms with Crippen LogP contribution in [0.25, 0.3) is 0 Å². The molecule has 0 nitrogen and oxygen atoms in total. The van der Waals surface area contributed by atoms with Crippen molar-refractivity contribution in [2.45, 2.75) is 52.6 Å². The predicted molar refractivity (Wildman–Crippen MR) is 81.8 cm³/mol. The molecule has 90 valence electrons. The maximum atomic E-state index is 2.50. The van der Waals surface area contributed by atoms with E-state index in [1.165, 1.54) is 5.56 Å². The van der Waals surface area contributed by atoms with E-state index in [4.69, 9.17) is 0 Å². The molecule has 0 saturated heterocycles. The van der Waals surface area contributed by atoms with Crippen LogP contribution in [0.1, 0.15) is 12.5 Å². The molecule has 1 aromatic carbocycles. The minimum Gasteiger partial charge on any atom is -0.0656 e. The van der Waals surface area contributed by atoms with Crippen molar-refractivity contribution in [3.05, 3.63) is 23.8 Å². The summed E-state index contributed by atoms with van der Waals surface area (Å²) in [5.74, 6) is 0. The molecule has 1 rings (SSSR count). The predicted octanol–water partition coefficient (Wildman–Crippen LogP) is 3.34. The Morgan fingerprint density at radius 1 is 0.750 bits per heavy atom. The summed E-state index contributed by atoms with van der Waals surface area (Å²) in [5.41, 5.74) is 1.53. The molecule has 0 heterocycles. The van der Waals surface area contributed by atoms with Crippen LogP contribution in [0.4, 0.5) is 0 Å². The first kappa shape index (κ1) is 13.7. The topological polar surface area (TPSA) is 0 Å². The van der Waals surface area contributed by atoms with Gasteiger partial charge in [0.25, 0.3) is 0 Å². The standard InChI is InChI=1S/C14H26Si2/c1-8-12-9-13(15(2,3)4)11-14(10-12)16(5,6)7/h9-11H,8H2,1-7H3. The lowest BCUT2D eigenvalue weighted by atomic mass is 10.2. The molecule has 0 N–H and O–H groups in total. The van der Waals surface area contributed by atoms with Crippen molar-refractivity contribution in [1.82, 2.24) is 0 Å². The molecular formula is C14H26Si2. The Morgan fingerprint density at radius 2 is 1.12 bits per heavy atom. The number of benzene rings is 1. The van der Waals surface area contributed by atoms with Gasteiger partial charge in [0.1, 0.15) is 0 Å². The van der Waals surface area contributed by atoms with Gasteiger partial charge in [-0.25, -0.2) is 0 Å². The highest BCUT2D eigenvalue weighted by Crippen LogP contribution is 2.09. The van der Waals surface area contributed by atoms with Gasteiger partial charge in [-0.1, -0.05) is 74.8 Å². The zero-order valence-corrected chi connectivity index (χ0v) is 13.9. The first-order valence-electron chi connectivity index (χ1n) is 6.29. The van der Waals surface area contributed by atoms with Crippen molar-refractivity contribution in [3.63, 3.8) is 0 Å². The van der Waals surface area contributed by atoms with Gasteiger partial charge in [0.05, 0.1) is 16.1 Å². The fourth-order valence-electron chi connectivity index (χ4n) is 1.76. The van der Waals surface area contributed by atoms with Gasteiger partial charge in [-0.15, -0.1) is 0 Å². The summed E-state index contributed by atoms with van der Waals surface area (Å²) in [5, 5.41) is 3.26. The van der Waals surface area contributed by atoms with Crippen molar-refractivity contribution in [3.8, 4) is 0 Å². The van der Waals surface area contributed by atoms with Crippen LogP contribution in [0.15, 0.2) is 18.2 Å². The Hall–Kier alpha value is -0.346. The van der Waals surface area contributed by atoms with Gasteiger partial charge >= 0.3 is 0 Å². The molecule has 0 aliphatic carbocycles. The van der Waals surface area contributed by atoms with Gasteiger partial charge in [0, 0.05) is 0 Å². The van der Waals surface area contributed by atoms with Crippen LogP contribution in [-0.2, 0) is 6.42 Å². The summed E-state index contributed by atoms with van der Waals surface area (Å²) < 4.78 is 0. The van der Waals surface area contributed by atoms with Gasteiger partial charge in [0.2, 0.25) is 0 Å². The quantitative estimate of drug-likeness (QED) is 0.722. The first-order chi connectivity index (χ1) is 7.14. The van der Waals surface area contributed by atoms with Crippen LogP contribution in [0.5, 0.6) is 0 Å². The van der Waals surface area contributed by atoms with E-state index in [0.29, 0.717) is 0 Å². The smallest absolute Gasteiger partial charge is 0.0656 e. The summed E-state index contributed by atoms with van der Waals surface area (Å²) >= 11 is 0. The number of hydrogen-bond donors (Lipinski definition) is 0. The van der Waals surface area contributed by atoms with Crippen molar-refractivity contribution in [2.75, 3.05) is 0 Å². The van der Waals surface area contributed by atoms with E-state index in [1.54, 1.807) is 10.4 Å². The highest BCUT2D eigenvalue weighted by atomic mass is 28.3. The minimum atomic E-state index is -1.17. The Labute approximate surface area is 103 Å². The molecule has 0 saturated carbocycles. The zero-order valence-electron chi connectivity index (χ0n) is 11.9. The third-order valence-electron chi connectivity index (χ3n) is 3.13. The molecular weight excluding hydrogens is 224 g/mol. The molecule has 16 heavy (non-hydrogen) atoms. The van der Waals surface area contributed by atoms with E-state index in [9.17, 15) is 0 Å². The highest BCUT2D eigenvalue weighted by Gasteiger charge is 2.22. The second-order valence-corrected chi connectivity index (χ2v) is 16.9. The summed E-state index contributed by atoms with van der Waals surface area (Å²) in [6, 6.07) is 7.38. The van der Waals surface area contributed by atoms with Crippen LogP contribution in [0, 0.1) is 0 Å². The van der Waals surface area contributed by atoms with Crippen molar-refractivity contribution in [1.29, 1.82) is 0 Å². The Bertz CT molecular complexity index is 335. The number of aryl methyl sites for hydroxylation is 1. The maximum Gasteiger partial charge on any atom is 0.0775 e. The summed E-state index contributed by atoms with van der Waals surface area (Å²) in [6.07, 6.45) is 1.16. The first-order valence-corrected chi connectivity index (χ1v) is 13.3. The fraction of sp³-hybridized carbons (Fsp3) is 0.571. The Morgan fingerprint density at radius 3 is 1.38 bits per heavy atom. The normalized spacial score (nSPS) is 12.9. The molecule has 0 bridgehead atoms. The van der Waals surface area contributed by atoms with Crippen LogP contribution >= 0.6 is 0 Å². The molecule has 0 unspecified atom stereocenters. The fourth-order valence-corrected chi connectivity index (χ4v) is 4.32. The molecule has 0 amide bonds. The number of hydrogen-bond acceptors (Lipinski definition) is 0. The summed E-state index contributed by atoms with van der Waals surface area (Å²) in [7, 11) is -2.34. The van der Waals surface area contributed by atoms with E-state index >= 15 is 0 Å². The third-order valence-corrected chi connectivity index (χ3v) is 7.17. The molecule has 0 aliphatic heterocycles. The van der Waals surface area contributed by atoms with Crippen LogP contribution in [0.2, 0.25) is 39.3 Å². The van der Waals surface area contributed by atoms with Crippen molar-refractivity contribution >= 4 is 26.5 Å². The zero-order chi connectivity index (χ0) is 12.6. The molecule has 0 aromatic heterocycles. The van der Waals surface area contributed by atoms with Crippen LogP contribution < -0.4 is 10.4 Å². The molecule has 1 aromatic rings. The average Bonchev–Trinajstić information content (AvgIpc) is 2.14. The number of rotatable bonds is 3. The maximum absolute atomic E-state index is 2.50. The molecule has 0 atom stereocenters. The minimum absolute atomic E-state index is 1.16. The average molecular weight is 251 g/mol. The molecule has 2 heteroatoms. The van der Waals surface area contributed by atoms with Gasteiger partial charge in [-0.05, 0) is 12.0 Å². The summed E-state index contributed by atoms with van der Waals surface area (Å²) in [4.78, 5) is 0. The van der Waals surface area contributed by atoms with E-state index < -0.39 is 16.1 Å². The van der Waals surface area contributed by atoms with Gasteiger partial charge in [0.15, 0.2) is 0 Å². The van der Waals surface area contributed by atoms with Gasteiger partial charge in [-0.2, -0.15) is 0 Å². The summed E-state index contributed by atoms with van der Waals surface area (Å²) in [6.45, 7) is 16.9. The largest absolute Gasteiger partial charge is 0.0775 e. The van der Waals surface area contributed by atoms with E-state index in [1.807, 2.05) is 0 Å². The SMILES string of the molecule is CCc1cc([Si](C)(C)C)cc([Si](C)(C)C)c1. The van der Waals surface area contributed by atoms with E-state index in [-0.39, 0.29) is 0 Å². The lowest BCUT2D eigenvalue weighted by molar-refractivity contribution is 1.15. The highest BCUT2D eigenvalue weighted by molar-refractivity contribution is 6.91.